The Morgan fingerprint density at radius 1 is 1.04 bits per heavy atom. The van der Waals surface area contributed by atoms with Crippen molar-refractivity contribution in [3.63, 3.8) is 0 Å². The molecule has 0 unspecified atom stereocenters. The molecular formula is C18H16O4S. The highest BCUT2D eigenvalue weighted by Crippen LogP contribution is 2.28. The number of benzene rings is 2. The molecule has 0 aromatic heterocycles. The molecule has 0 aliphatic carbocycles. The number of carbonyl (C=O) groups excluding carboxylic acids is 1. The van der Waals surface area contributed by atoms with E-state index in [4.69, 9.17) is 4.74 Å². The Hall–Kier alpha value is -2.40. The van der Waals surface area contributed by atoms with Crippen molar-refractivity contribution >= 4 is 21.7 Å². The first-order chi connectivity index (χ1) is 11.0. The van der Waals surface area contributed by atoms with Crippen LogP contribution in [0.3, 0.4) is 0 Å². The van der Waals surface area contributed by atoms with Crippen molar-refractivity contribution in [3.05, 3.63) is 65.2 Å². The minimum Gasteiger partial charge on any atom is -0.497 e. The summed E-state index contributed by atoms with van der Waals surface area (Å²) in [5.74, 6) is 0.447. The largest absolute Gasteiger partial charge is 0.497 e. The molecule has 1 aliphatic heterocycles. The van der Waals surface area contributed by atoms with Gasteiger partial charge in [0.25, 0.3) is 0 Å². The molecule has 0 atom stereocenters. The van der Waals surface area contributed by atoms with Crippen LogP contribution in [0.15, 0.2) is 59.0 Å². The third kappa shape index (κ3) is 3.05. The van der Waals surface area contributed by atoms with Gasteiger partial charge < -0.3 is 4.74 Å². The molecule has 0 radical (unpaired) electrons. The first-order valence-electron chi connectivity index (χ1n) is 7.22. The Balaban J connectivity index is 2.05. The summed E-state index contributed by atoms with van der Waals surface area (Å²) in [4.78, 5) is 12.8. The van der Waals surface area contributed by atoms with Crippen molar-refractivity contribution in [2.24, 2.45) is 0 Å². The Bertz CT molecular complexity index is 877. The SMILES string of the molecule is COc1ccc(/C=C2\CCS(=O)(=O)c3ccccc3C2=O)cc1. The minimum absolute atomic E-state index is 0.0578. The average molecular weight is 328 g/mol. The fourth-order valence-electron chi connectivity index (χ4n) is 2.61. The number of allylic oxidation sites excluding steroid dienone is 1. The van der Waals surface area contributed by atoms with Crippen LogP contribution in [0, 0.1) is 0 Å². The van der Waals surface area contributed by atoms with Crippen LogP contribution in [-0.4, -0.2) is 27.1 Å². The highest BCUT2D eigenvalue weighted by Gasteiger charge is 2.28. The number of rotatable bonds is 2. The van der Waals surface area contributed by atoms with Crippen LogP contribution < -0.4 is 4.74 Å². The molecule has 2 aromatic rings. The lowest BCUT2D eigenvalue weighted by Gasteiger charge is -2.05. The van der Waals surface area contributed by atoms with E-state index in [1.807, 2.05) is 12.1 Å². The van der Waals surface area contributed by atoms with Crippen molar-refractivity contribution < 1.29 is 17.9 Å². The molecule has 0 saturated carbocycles. The summed E-state index contributed by atoms with van der Waals surface area (Å²) in [7, 11) is -1.84. The number of methoxy groups -OCH3 is 1. The molecule has 118 valence electrons. The van der Waals surface area contributed by atoms with Gasteiger partial charge in [-0.15, -0.1) is 0 Å². The zero-order valence-electron chi connectivity index (χ0n) is 12.7. The number of sulfone groups is 1. The Kier molecular flexibility index (Phi) is 4.05. The molecular weight excluding hydrogens is 312 g/mol. The van der Waals surface area contributed by atoms with Crippen molar-refractivity contribution in [2.75, 3.05) is 12.9 Å². The molecule has 4 nitrogen and oxygen atoms in total. The third-order valence-corrected chi connectivity index (χ3v) is 5.62. The predicted molar refractivity (Wildman–Crippen MR) is 88.4 cm³/mol. The highest BCUT2D eigenvalue weighted by atomic mass is 32.2. The number of ether oxygens (including phenoxy) is 1. The molecule has 3 rings (SSSR count). The Morgan fingerprint density at radius 2 is 1.74 bits per heavy atom. The number of hydrogen-bond donors (Lipinski definition) is 0. The summed E-state index contributed by atoms with van der Waals surface area (Å²) in [6, 6.07) is 13.7. The predicted octanol–water partition coefficient (Wildman–Crippen LogP) is 3.14. The number of Topliss-reactive ketones (excluding diaryl/α,β-unsaturated/α-hetero) is 1. The second kappa shape index (κ2) is 6.01. The maximum atomic E-state index is 12.7. The van der Waals surface area contributed by atoms with Crippen LogP contribution >= 0.6 is 0 Å². The summed E-state index contributed by atoms with van der Waals surface area (Å²) < 4.78 is 29.8. The number of fused-ring (bicyclic) bond motifs is 1. The van der Waals surface area contributed by atoms with Gasteiger partial charge in [-0.25, -0.2) is 8.42 Å². The third-order valence-electron chi connectivity index (χ3n) is 3.86. The van der Waals surface area contributed by atoms with Gasteiger partial charge in [-0.2, -0.15) is 0 Å². The summed E-state index contributed by atoms with van der Waals surface area (Å²) in [6.07, 6.45) is 1.96. The van der Waals surface area contributed by atoms with Crippen LogP contribution in [0.25, 0.3) is 6.08 Å². The van der Waals surface area contributed by atoms with E-state index in [2.05, 4.69) is 0 Å². The zero-order valence-corrected chi connectivity index (χ0v) is 13.5. The number of hydrogen-bond acceptors (Lipinski definition) is 4. The van der Waals surface area contributed by atoms with Gasteiger partial charge in [-0.05, 0) is 42.3 Å². The highest BCUT2D eigenvalue weighted by molar-refractivity contribution is 7.91. The standard InChI is InChI=1S/C18H16O4S/c1-22-15-8-6-13(7-9-15)12-14-10-11-23(20,21)17-5-3-2-4-16(17)18(14)19/h2-9,12H,10-11H2,1H3/b14-12+. The van der Waals surface area contributed by atoms with Crippen molar-refractivity contribution in [1.82, 2.24) is 0 Å². The fraction of sp³-hybridized carbons (Fsp3) is 0.167. The molecule has 2 aromatic carbocycles. The first kappa shape index (κ1) is 15.5. The molecule has 23 heavy (non-hydrogen) atoms. The maximum absolute atomic E-state index is 12.7. The second-order valence-electron chi connectivity index (χ2n) is 5.34. The zero-order chi connectivity index (χ0) is 16.4. The molecule has 0 bridgehead atoms. The lowest BCUT2D eigenvalue weighted by atomic mass is 9.99. The summed E-state index contributed by atoms with van der Waals surface area (Å²) >= 11 is 0. The normalized spacial score (nSPS) is 18.3. The molecule has 0 amide bonds. The van der Waals surface area contributed by atoms with E-state index in [0.717, 1.165) is 11.3 Å². The van der Waals surface area contributed by atoms with E-state index in [-0.39, 0.29) is 28.4 Å². The maximum Gasteiger partial charge on any atom is 0.190 e. The van der Waals surface area contributed by atoms with Crippen molar-refractivity contribution in [2.45, 2.75) is 11.3 Å². The number of ketones is 1. The van der Waals surface area contributed by atoms with E-state index in [1.54, 1.807) is 43.5 Å². The monoisotopic (exact) mass is 328 g/mol. The summed E-state index contributed by atoms with van der Waals surface area (Å²) in [5.41, 5.74) is 1.60. The minimum atomic E-state index is -3.43. The van der Waals surface area contributed by atoms with E-state index >= 15 is 0 Å². The first-order valence-corrected chi connectivity index (χ1v) is 8.87. The second-order valence-corrected chi connectivity index (χ2v) is 7.41. The van der Waals surface area contributed by atoms with Gasteiger partial charge in [-0.1, -0.05) is 24.3 Å². The topological polar surface area (TPSA) is 60.4 Å². The van der Waals surface area contributed by atoms with Gasteiger partial charge in [0, 0.05) is 11.1 Å². The van der Waals surface area contributed by atoms with E-state index in [0.29, 0.717) is 5.57 Å². The van der Waals surface area contributed by atoms with Crippen LogP contribution in [0.4, 0.5) is 0 Å². The molecule has 0 spiro atoms. The molecule has 1 aliphatic rings. The summed E-state index contributed by atoms with van der Waals surface area (Å²) in [6.45, 7) is 0. The average Bonchev–Trinajstić information content (AvgIpc) is 2.66. The molecule has 0 fully saturated rings. The fourth-order valence-corrected chi connectivity index (χ4v) is 4.10. The molecule has 5 heteroatoms. The van der Waals surface area contributed by atoms with Crippen LogP contribution in [0.2, 0.25) is 0 Å². The number of carbonyl (C=O) groups is 1. The van der Waals surface area contributed by atoms with Crippen LogP contribution in [0.5, 0.6) is 5.75 Å². The molecule has 1 heterocycles. The van der Waals surface area contributed by atoms with E-state index < -0.39 is 9.84 Å². The lowest BCUT2D eigenvalue weighted by Crippen LogP contribution is -2.06. The van der Waals surface area contributed by atoms with Gasteiger partial charge >= 0.3 is 0 Å². The Labute approximate surface area is 135 Å². The lowest BCUT2D eigenvalue weighted by molar-refractivity contribution is 0.103. The van der Waals surface area contributed by atoms with E-state index in [1.165, 1.54) is 6.07 Å². The van der Waals surface area contributed by atoms with Crippen molar-refractivity contribution in [3.8, 4) is 5.75 Å². The van der Waals surface area contributed by atoms with Gasteiger partial charge in [0.2, 0.25) is 0 Å². The van der Waals surface area contributed by atoms with E-state index in [9.17, 15) is 13.2 Å². The molecule has 0 N–H and O–H groups in total. The van der Waals surface area contributed by atoms with Gasteiger partial charge in [0.1, 0.15) is 5.75 Å². The van der Waals surface area contributed by atoms with Crippen LogP contribution in [-0.2, 0) is 9.84 Å². The van der Waals surface area contributed by atoms with Gasteiger partial charge in [0.05, 0.1) is 17.8 Å². The van der Waals surface area contributed by atoms with Crippen molar-refractivity contribution in [1.29, 1.82) is 0 Å². The molecule has 0 saturated heterocycles. The quantitative estimate of drug-likeness (QED) is 0.795. The van der Waals surface area contributed by atoms with Gasteiger partial charge in [-0.3, -0.25) is 4.79 Å². The van der Waals surface area contributed by atoms with Gasteiger partial charge in [0.15, 0.2) is 15.6 Å². The van der Waals surface area contributed by atoms with Crippen LogP contribution in [0.1, 0.15) is 22.3 Å². The Morgan fingerprint density at radius 3 is 2.43 bits per heavy atom. The summed E-state index contributed by atoms with van der Waals surface area (Å²) in [5, 5.41) is 0. The smallest absolute Gasteiger partial charge is 0.190 e.